The molecule has 0 saturated heterocycles. The molecule has 0 unspecified atom stereocenters. The van der Waals surface area contributed by atoms with Gasteiger partial charge in [0, 0.05) is 11.1 Å². The van der Waals surface area contributed by atoms with Crippen LogP contribution in [0, 0.1) is 0 Å². The molecule has 1 rings (SSSR count). The molecule has 0 aliphatic rings. The smallest absolute Gasteiger partial charge is 0.504 e. The zero-order valence-electron chi connectivity index (χ0n) is 18.5. The largest absolute Gasteiger partial charge is 0.511 e. The number of hydrogen-bond donors (Lipinski definition) is 2. The van der Waals surface area contributed by atoms with Crippen LogP contribution in [0.4, 0.5) is 4.79 Å². The van der Waals surface area contributed by atoms with E-state index in [1.165, 1.54) is 0 Å². The predicted molar refractivity (Wildman–Crippen MR) is 115 cm³/mol. The molecule has 0 spiro atoms. The Morgan fingerprint density at radius 1 is 0.724 bits per heavy atom. The summed E-state index contributed by atoms with van der Waals surface area (Å²) in [5, 5.41) is 19.9. The molecule has 0 atom stereocenters. The van der Waals surface area contributed by atoms with Gasteiger partial charge in [-0.05, 0) is 25.7 Å². The number of ether oxygens (including phenoxy) is 3. The van der Waals surface area contributed by atoms with Gasteiger partial charge in [-0.2, -0.15) is 0 Å². The predicted octanol–water partition coefficient (Wildman–Crippen LogP) is 6.49. The van der Waals surface area contributed by atoms with Gasteiger partial charge in [0.2, 0.25) is 11.5 Å². The van der Waals surface area contributed by atoms with Crippen LogP contribution in [0.25, 0.3) is 0 Å². The average molecular weight is 411 g/mol. The third-order valence-corrected chi connectivity index (χ3v) is 4.94. The van der Waals surface area contributed by atoms with E-state index in [1.807, 2.05) is 13.8 Å². The second kappa shape index (κ2) is 14.0. The van der Waals surface area contributed by atoms with E-state index in [0.717, 1.165) is 56.9 Å². The molecule has 0 aliphatic carbocycles. The zero-order chi connectivity index (χ0) is 21.6. The van der Waals surface area contributed by atoms with E-state index in [2.05, 4.69) is 13.8 Å². The van der Waals surface area contributed by atoms with Crippen LogP contribution in [0.5, 0.6) is 23.0 Å². The number of rotatable bonds is 15. The highest BCUT2D eigenvalue weighted by atomic mass is 16.7. The van der Waals surface area contributed by atoms with Crippen LogP contribution in [0.15, 0.2) is 0 Å². The van der Waals surface area contributed by atoms with Gasteiger partial charge in [0.05, 0.1) is 13.2 Å². The van der Waals surface area contributed by atoms with Gasteiger partial charge in [-0.25, -0.2) is 4.79 Å². The summed E-state index contributed by atoms with van der Waals surface area (Å²) in [6, 6.07) is 0. The number of benzene rings is 1. The van der Waals surface area contributed by atoms with Gasteiger partial charge in [0.1, 0.15) is 0 Å². The molecule has 0 saturated carbocycles. The second-order valence-corrected chi connectivity index (χ2v) is 7.19. The molecule has 6 nitrogen and oxygen atoms in total. The highest BCUT2D eigenvalue weighted by molar-refractivity contribution is 5.72. The second-order valence-electron chi connectivity index (χ2n) is 7.19. The van der Waals surface area contributed by atoms with Crippen molar-refractivity contribution >= 4 is 6.16 Å². The number of phenols is 1. The van der Waals surface area contributed by atoms with Gasteiger partial charge in [0.25, 0.3) is 0 Å². The van der Waals surface area contributed by atoms with Crippen molar-refractivity contribution in [3.8, 4) is 23.0 Å². The van der Waals surface area contributed by atoms with Crippen molar-refractivity contribution in [3.05, 3.63) is 11.1 Å². The first-order valence-electron chi connectivity index (χ1n) is 11.1. The Morgan fingerprint density at radius 3 is 1.69 bits per heavy atom. The van der Waals surface area contributed by atoms with E-state index in [4.69, 9.17) is 14.2 Å². The Labute approximate surface area is 175 Å². The summed E-state index contributed by atoms with van der Waals surface area (Å²) in [6.45, 7) is 9.12. The lowest BCUT2D eigenvalue weighted by Gasteiger charge is -2.22. The van der Waals surface area contributed by atoms with E-state index in [0.29, 0.717) is 37.4 Å². The molecule has 0 aliphatic heterocycles. The SMILES string of the molecule is CCCCCCOc1c(CC)c(CC)c(O)c(OC(=O)O)c1OCCCCCC. The summed E-state index contributed by atoms with van der Waals surface area (Å²) in [5.74, 6) is 0.371. The summed E-state index contributed by atoms with van der Waals surface area (Å²) < 4.78 is 17.0. The minimum absolute atomic E-state index is 0.161. The first-order chi connectivity index (χ1) is 14.0. The standard InChI is InChI=1S/C23H38O6/c1-5-9-11-13-15-27-20-18(8-4)17(7-3)19(24)21(29-23(25)26)22(20)28-16-14-12-10-6-2/h24H,5-16H2,1-4H3,(H,25,26). The summed E-state index contributed by atoms with van der Waals surface area (Å²) in [6.07, 6.45) is 8.05. The molecule has 0 radical (unpaired) electrons. The number of unbranched alkanes of at least 4 members (excludes halogenated alkanes) is 6. The number of aromatic hydroxyl groups is 1. The van der Waals surface area contributed by atoms with Crippen molar-refractivity contribution in [2.45, 2.75) is 91.9 Å². The monoisotopic (exact) mass is 410 g/mol. The van der Waals surface area contributed by atoms with Gasteiger partial charge in [-0.15, -0.1) is 0 Å². The van der Waals surface area contributed by atoms with Gasteiger partial charge < -0.3 is 24.4 Å². The first-order valence-corrected chi connectivity index (χ1v) is 11.1. The highest BCUT2D eigenvalue weighted by Gasteiger charge is 2.27. The van der Waals surface area contributed by atoms with Crippen LogP contribution < -0.4 is 14.2 Å². The van der Waals surface area contributed by atoms with E-state index >= 15 is 0 Å². The maximum absolute atomic E-state index is 11.3. The van der Waals surface area contributed by atoms with Crippen LogP contribution in [0.2, 0.25) is 0 Å². The van der Waals surface area contributed by atoms with E-state index < -0.39 is 6.16 Å². The van der Waals surface area contributed by atoms with Crippen molar-refractivity contribution in [2.75, 3.05) is 13.2 Å². The van der Waals surface area contributed by atoms with Crippen LogP contribution in [0.1, 0.15) is 90.2 Å². The number of carbonyl (C=O) groups is 1. The maximum atomic E-state index is 11.3. The minimum Gasteiger partial charge on any atom is -0.504 e. The Kier molecular flexibility index (Phi) is 12.0. The Morgan fingerprint density at radius 2 is 1.24 bits per heavy atom. The Hall–Kier alpha value is -2.11. The fraction of sp³-hybridized carbons (Fsp3) is 0.696. The molecule has 1 aromatic rings. The lowest BCUT2D eigenvalue weighted by atomic mass is 9.99. The van der Waals surface area contributed by atoms with Crippen LogP contribution in [-0.4, -0.2) is 29.6 Å². The lowest BCUT2D eigenvalue weighted by Crippen LogP contribution is -2.11. The zero-order valence-corrected chi connectivity index (χ0v) is 18.5. The van der Waals surface area contributed by atoms with Gasteiger partial charge in [-0.1, -0.05) is 66.2 Å². The summed E-state index contributed by atoms with van der Waals surface area (Å²) in [4.78, 5) is 11.3. The van der Waals surface area contributed by atoms with E-state index in [-0.39, 0.29) is 17.2 Å². The molecule has 29 heavy (non-hydrogen) atoms. The summed E-state index contributed by atoms with van der Waals surface area (Å²) in [5.41, 5.74) is 1.49. The van der Waals surface area contributed by atoms with Crippen LogP contribution in [0.3, 0.4) is 0 Å². The maximum Gasteiger partial charge on any atom is 0.511 e. The minimum atomic E-state index is -1.49. The Bertz CT molecular complexity index is 627. The third kappa shape index (κ3) is 7.67. The molecule has 6 heteroatoms. The van der Waals surface area contributed by atoms with Crippen molar-refractivity contribution in [3.63, 3.8) is 0 Å². The molecule has 0 heterocycles. The average Bonchev–Trinajstić information content (AvgIpc) is 2.70. The molecule has 0 bridgehead atoms. The molecule has 166 valence electrons. The molecule has 1 aromatic carbocycles. The number of hydrogen-bond acceptors (Lipinski definition) is 5. The topological polar surface area (TPSA) is 85.2 Å². The third-order valence-electron chi connectivity index (χ3n) is 4.94. The first kappa shape index (κ1) is 24.9. The number of phenolic OH excluding ortho intramolecular Hbond substituents is 1. The van der Waals surface area contributed by atoms with Crippen molar-refractivity contribution in [1.29, 1.82) is 0 Å². The fourth-order valence-corrected chi connectivity index (χ4v) is 3.39. The highest BCUT2D eigenvalue weighted by Crippen LogP contribution is 2.50. The number of carboxylic acid groups (broad SMARTS) is 1. The van der Waals surface area contributed by atoms with E-state index in [9.17, 15) is 15.0 Å². The van der Waals surface area contributed by atoms with E-state index in [1.54, 1.807) is 0 Å². The Balaban J connectivity index is 3.25. The summed E-state index contributed by atoms with van der Waals surface area (Å²) >= 11 is 0. The molecule has 2 N–H and O–H groups in total. The lowest BCUT2D eigenvalue weighted by molar-refractivity contribution is 0.139. The molecule has 0 fully saturated rings. The molecular weight excluding hydrogens is 372 g/mol. The molecule has 0 amide bonds. The fourth-order valence-electron chi connectivity index (χ4n) is 3.39. The van der Waals surface area contributed by atoms with Crippen molar-refractivity contribution < 1.29 is 29.2 Å². The van der Waals surface area contributed by atoms with Gasteiger partial charge >= 0.3 is 6.16 Å². The quantitative estimate of drug-likeness (QED) is 0.195. The van der Waals surface area contributed by atoms with Crippen LogP contribution in [-0.2, 0) is 12.8 Å². The van der Waals surface area contributed by atoms with Gasteiger partial charge in [0.15, 0.2) is 11.5 Å². The normalized spacial score (nSPS) is 10.8. The van der Waals surface area contributed by atoms with Gasteiger partial charge in [-0.3, -0.25) is 0 Å². The van der Waals surface area contributed by atoms with Crippen molar-refractivity contribution in [1.82, 2.24) is 0 Å². The molecular formula is C23H38O6. The summed E-state index contributed by atoms with van der Waals surface area (Å²) in [7, 11) is 0. The van der Waals surface area contributed by atoms with Crippen molar-refractivity contribution in [2.24, 2.45) is 0 Å². The molecule has 0 aromatic heterocycles. The van der Waals surface area contributed by atoms with Crippen LogP contribution >= 0.6 is 0 Å².